The Morgan fingerprint density at radius 2 is 2.00 bits per heavy atom. The first-order valence-corrected chi connectivity index (χ1v) is 6.59. The molecule has 1 saturated heterocycles. The molecule has 2 aromatic rings. The molecule has 3 rings (SSSR count). The van der Waals surface area contributed by atoms with Gasteiger partial charge in [-0.05, 0) is 43.5 Å². The molecule has 0 atom stereocenters. The number of rotatable bonds is 1. The van der Waals surface area contributed by atoms with E-state index < -0.39 is 0 Å². The van der Waals surface area contributed by atoms with Crippen LogP contribution in [-0.2, 0) is 0 Å². The topological polar surface area (TPSA) is 34.0 Å². The van der Waals surface area contributed by atoms with E-state index in [4.69, 9.17) is 0 Å². The fourth-order valence-electron chi connectivity index (χ4n) is 2.92. The molecule has 1 N–H and O–H groups in total. The van der Waals surface area contributed by atoms with Gasteiger partial charge in [-0.2, -0.15) is 0 Å². The minimum absolute atomic E-state index is 0.0892. The van der Waals surface area contributed by atoms with Crippen LogP contribution in [0, 0.1) is 0 Å². The maximum atomic E-state index is 11.7. The first kappa shape index (κ1) is 11.5. The molecule has 1 aromatic heterocycles. The number of piperidine rings is 1. The Kier molecular flexibility index (Phi) is 2.92. The molecule has 0 unspecified atom stereocenters. The van der Waals surface area contributed by atoms with Crippen molar-refractivity contribution < 1.29 is 4.79 Å². The number of aromatic nitrogens is 1. The van der Waals surface area contributed by atoms with Crippen LogP contribution in [-0.4, -0.2) is 23.6 Å². The van der Waals surface area contributed by atoms with E-state index in [2.05, 4.69) is 17.4 Å². The summed E-state index contributed by atoms with van der Waals surface area (Å²) in [5.41, 5.74) is 2.38. The lowest BCUT2D eigenvalue weighted by Gasteiger charge is -2.22. The SMILES string of the molecule is CC(=O)n1cc(C2CCNCC2)c2ccccc21. The number of para-hydroxylation sites is 1. The lowest BCUT2D eigenvalue weighted by molar-refractivity contribution is 0.0941. The number of fused-ring (bicyclic) bond motifs is 1. The van der Waals surface area contributed by atoms with Crippen molar-refractivity contribution in [1.82, 2.24) is 9.88 Å². The van der Waals surface area contributed by atoms with Crippen molar-refractivity contribution >= 4 is 16.8 Å². The number of carbonyl (C=O) groups excluding carboxylic acids is 1. The highest BCUT2D eigenvalue weighted by Gasteiger charge is 2.20. The fraction of sp³-hybridized carbons (Fsp3) is 0.400. The van der Waals surface area contributed by atoms with E-state index in [1.807, 2.05) is 18.3 Å². The van der Waals surface area contributed by atoms with Crippen molar-refractivity contribution in [2.45, 2.75) is 25.7 Å². The standard InChI is InChI=1S/C15H18N2O/c1-11(18)17-10-14(12-6-8-16-9-7-12)13-4-2-3-5-15(13)17/h2-5,10,12,16H,6-9H2,1H3. The monoisotopic (exact) mass is 242 g/mol. The third-order valence-corrected chi connectivity index (χ3v) is 3.86. The van der Waals surface area contributed by atoms with Gasteiger partial charge in [-0.15, -0.1) is 0 Å². The van der Waals surface area contributed by atoms with E-state index in [9.17, 15) is 4.79 Å². The number of hydrogen-bond donors (Lipinski definition) is 1. The molecule has 1 aliphatic heterocycles. The summed E-state index contributed by atoms with van der Waals surface area (Å²) >= 11 is 0. The Morgan fingerprint density at radius 3 is 2.72 bits per heavy atom. The van der Waals surface area contributed by atoms with Crippen LogP contribution < -0.4 is 5.32 Å². The lowest BCUT2D eigenvalue weighted by Crippen LogP contribution is -2.26. The maximum absolute atomic E-state index is 11.7. The summed E-state index contributed by atoms with van der Waals surface area (Å²) in [6, 6.07) is 8.21. The van der Waals surface area contributed by atoms with Gasteiger partial charge in [0.25, 0.3) is 0 Å². The van der Waals surface area contributed by atoms with Gasteiger partial charge in [-0.1, -0.05) is 18.2 Å². The second-order valence-corrected chi connectivity index (χ2v) is 5.01. The number of hydrogen-bond acceptors (Lipinski definition) is 2. The minimum atomic E-state index is 0.0892. The van der Waals surface area contributed by atoms with Gasteiger partial charge < -0.3 is 5.32 Å². The van der Waals surface area contributed by atoms with Crippen LogP contribution in [0.1, 0.15) is 36.0 Å². The normalized spacial score (nSPS) is 17.2. The molecule has 0 aliphatic carbocycles. The van der Waals surface area contributed by atoms with E-state index >= 15 is 0 Å². The van der Waals surface area contributed by atoms with Crippen LogP contribution in [0.15, 0.2) is 30.5 Å². The van der Waals surface area contributed by atoms with Crippen molar-refractivity contribution in [3.05, 3.63) is 36.0 Å². The summed E-state index contributed by atoms with van der Waals surface area (Å²) in [6.45, 7) is 3.77. The second-order valence-electron chi connectivity index (χ2n) is 5.01. The highest BCUT2D eigenvalue weighted by atomic mass is 16.1. The van der Waals surface area contributed by atoms with Crippen molar-refractivity contribution in [3.63, 3.8) is 0 Å². The molecule has 3 nitrogen and oxygen atoms in total. The molecule has 3 heteroatoms. The van der Waals surface area contributed by atoms with Crippen LogP contribution in [0.25, 0.3) is 10.9 Å². The van der Waals surface area contributed by atoms with E-state index in [1.165, 1.54) is 10.9 Å². The zero-order valence-electron chi connectivity index (χ0n) is 10.6. The second kappa shape index (κ2) is 4.58. The first-order chi connectivity index (χ1) is 8.77. The Hall–Kier alpha value is -1.61. The number of nitrogens with one attached hydrogen (secondary N) is 1. The molecule has 0 bridgehead atoms. The van der Waals surface area contributed by atoms with Crippen LogP contribution in [0.5, 0.6) is 0 Å². The summed E-state index contributed by atoms with van der Waals surface area (Å²) in [6.07, 6.45) is 4.36. The minimum Gasteiger partial charge on any atom is -0.317 e. The van der Waals surface area contributed by atoms with Crippen LogP contribution in [0.4, 0.5) is 0 Å². The van der Waals surface area contributed by atoms with Gasteiger partial charge in [0.15, 0.2) is 0 Å². The van der Waals surface area contributed by atoms with E-state index in [0.717, 1.165) is 31.4 Å². The molecule has 0 spiro atoms. The molecule has 1 fully saturated rings. The maximum Gasteiger partial charge on any atom is 0.227 e. The van der Waals surface area contributed by atoms with Crippen molar-refractivity contribution in [1.29, 1.82) is 0 Å². The van der Waals surface area contributed by atoms with Gasteiger partial charge in [-0.3, -0.25) is 9.36 Å². The van der Waals surface area contributed by atoms with Crippen molar-refractivity contribution in [3.8, 4) is 0 Å². The first-order valence-electron chi connectivity index (χ1n) is 6.59. The number of carbonyl (C=O) groups is 1. The van der Waals surface area contributed by atoms with Crippen LogP contribution >= 0.6 is 0 Å². The van der Waals surface area contributed by atoms with E-state index in [1.54, 1.807) is 11.5 Å². The highest BCUT2D eigenvalue weighted by Crippen LogP contribution is 2.32. The van der Waals surface area contributed by atoms with Crippen molar-refractivity contribution in [2.75, 3.05) is 13.1 Å². The summed E-state index contributed by atoms with van der Waals surface area (Å²) in [5.74, 6) is 0.670. The smallest absolute Gasteiger partial charge is 0.227 e. The molecule has 2 heterocycles. The Morgan fingerprint density at radius 1 is 1.28 bits per heavy atom. The molecule has 94 valence electrons. The molecule has 0 saturated carbocycles. The quantitative estimate of drug-likeness (QED) is 0.834. The van der Waals surface area contributed by atoms with Gasteiger partial charge >= 0.3 is 0 Å². The lowest BCUT2D eigenvalue weighted by atomic mass is 9.90. The number of nitrogens with zero attached hydrogens (tertiary/aromatic N) is 1. The Labute approximate surface area is 107 Å². The summed E-state index contributed by atoms with van der Waals surface area (Å²) in [7, 11) is 0. The van der Waals surface area contributed by atoms with Gasteiger partial charge in [0, 0.05) is 18.5 Å². The predicted octanol–water partition coefficient (Wildman–Crippen LogP) is 2.77. The average Bonchev–Trinajstić information content (AvgIpc) is 2.79. The molecule has 1 aromatic carbocycles. The summed E-state index contributed by atoms with van der Waals surface area (Å²) in [4.78, 5) is 11.7. The molecule has 0 radical (unpaired) electrons. The highest BCUT2D eigenvalue weighted by molar-refractivity contribution is 5.93. The Balaban J connectivity index is 2.13. The van der Waals surface area contributed by atoms with Gasteiger partial charge in [0.05, 0.1) is 5.52 Å². The van der Waals surface area contributed by atoms with E-state index in [0.29, 0.717) is 5.92 Å². The summed E-state index contributed by atoms with van der Waals surface area (Å²) in [5, 5.41) is 4.62. The molecular weight excluding hydrogens is 224 g/mol. The third-order valence-electron chi connectivity index (χ3n) is 3.86. The molecule has 18 heavy (non-hydrogen) atoms. The van der Waals surface area contributed by atoms with Gasteiger partial charge in [0.2, 0.25) is 5.91 Å². The largest absolute Gasteiger partial charge is 0.317 e. The van der Waals surface area contributed by atoms with Crippen molar-refractivity contribution in [2.24, 2.45) is 0 Å². The third kappa shape index (κ3) is 1.85. The zero-order valence-corrected chi connectivity index (χ0v) is 10.6. The molecule has 0 amide bonds. The van der Waals surface area contributed by atoms with Gasteiger partial charge in [0.1, 0.15) is 0 Å². The fourth-order valence-corrected chi connectivity index (χ4v) is 2.92. The summed E-state index contributed by atoms with van der Waals surface area (Å²) < 4.78 is 1.78. The van der Waals surface area contributed by atoms with Gasteiger partial charge in [-0.25, -0.2) is 0 Å². The average molecular weight is 242 g/mol. The molecule has 1 aliphatic rings. The predicted molar refractivity (Wildman–Crippen MR) is 73.1 cm³/mol. The molecular formula is C15H18N2O. The zero-order chi connectivity index (χ0) is 12.5. The van der Waals surface area contributed by atoms with Crippen LogP contribution in [0.2, 0.25) is 0 Å². The van der Waals surface area contributed by atoms with E-state index in [-0.39, 0.29) is 5.91 Å². The number of benzene rings is 1. The van der Waals surface area contributed by atoms with Crippen LogP contribution in [0.3, 0.4) is 0 Å². The Bertz CT molecular complexity index is 579.